The Kier molecular flexibility index (Phi) is 4.29. The number of amides is 1. The summed E-state index contributed by atoms with van der Waals surface area (Å²) >= 11 is 2.83. The van der Waals surface area contributed by atoms with E-state index in [-0.39, 0.29) is 12.5 Å². The van der Waals surface area contributed by atoms with E-state index in [9.17, 15) is 9.90 Å². The summed E-state index contributed by atoms with van der Waals surface area (Å²) in [6, 6.07) is 0. The van der Waals surface area contributed by atoms with Crippen LogP contribution in [0.1, 0.15) is 13.8 Å². The third-order valence-electron chi connectivity index (χ3n) is 1.12. The maximum absolute atomic E-state index is 11.0. The Morgan fingerprint density at radius 2 is 2.17 bits per heavy atom. The van der Waals surface area contributed by atoms with Crippen molar-refractivity contribution in [3.8, 4) is 10.8 Å². The molecule has 4 heteroatoms. The second kappa shape index (κ2) is 4.48. The van der Waals surface area contributed by atoms with Gasteiger partial charge in [-0.15, -0.1) is 0 Å². The third kappa shape index (κ3) is 5.16. The van der Waals surface area contributed by atoms with Crippen LogP contribution in [-0.4, -0.2) is 35.1 Å². The first kappa shape index (κ1) is 11.5. The Labute approximate surface area is 80.9 Å². The van der Waals surface area contributed by atoms with Crippen molar-refractivity contribution < 1.29 is 9.90 Å². The molecule has 0 saturated carbocycles. The zero-order chi connectivity index (χ0) is 9.78. The van der Waals surface area contributed by atoms with Crippen LogP contribution in [0, 0.1) is 10.8 Å². The summed E-state index contributed by atoms with van der Waals surface area (Å²) in [4.78, 5) is 14.7. The monoisotopic (exact) mass is 233 g/mol. The fraction of sp³-hybridized carbons (Fsp3) is 0.625. The van der Waals surface area contributed by atoms with Crippen molar-refractivity contribution in [2.45, 2.75) is 19.4 Å². The highest BCUT2D eigenvalue weighted by Gasteiger charge is 2.17. The summed E-state index contributed by atoms with van der Waals surface area (Å²) in [5.41, 5.74) is -0.877. The topological polar surface area (TPSA) is 40.5 Å². The molecule has 0 aliphatic heterocycles. The molecule has 3 nitrogen and oxygen atoms in total. The molecule has 0 radical (unpaired) electrons. The highest BCUT2D eigenvalue weighted by atomic mass is 79.9. The maximum Gasteiger partial charge on any atom is 0.299 e. The lowest BCUT2D eigenvalue weighted by Crippen LogP contribution is -2.39. The van der Waals surface area contributed by atoms with Gasteiger partial charge in [0, 0.05) is 35.4 Å². The summed E-state index contributed by atoms with van der Waals surface area (Å²) in [5, 5.41) is 9.35. The highest BCUT2D eigenvalue weighted by molar-refractivity contribution is 9.12. The van der Waals surface area contributed by atoms with Gasteiger partial charge >= 0.3 is 0 Å². The second-order valence-electron chi connectivity index (χ2n) is 3.19. The smallest absolute Gasteiger partial charge is 0.299 e. The van der Waals surface area contributed by atoms with Gasteiger partial charge in [0.05, 0.1) is 5.60 Å². The van der Waals surface area contributed by atoms with Crippen LogP contribution in [0.4, 0.5) is 0 Å². The molecule has 0 spiro atoms. The molecule has 0 atom stereocenters. The highest BCUT2D eigenvalue weighted by Crippen LogP contribution is 2.02. The molecular formula is C8H12BrNO2. The van der Waals surface area contributed by atoms with Gasteiger partial charge in [-0.1, -0.05) is 0 Å². The molecule has 0 aromatic heterocycles. The molecule has 0 aliphatic carbocycles. The first-order valence-corrected chi connectivity index (χ1v) is 4.25. The van der Waals surface area contributed by atoms with E-state index >= 15 is 0 Å². The quantitative estimate of drug-likeness (QED) is 0.709. The second-order valence-corrected chi connectivity index (χ2v) is 3.59. The van der Waals surface area contributed by atoms with Crippen LogP contribution < -0.4 is 0 Å². The van der Waals surface area contributed by atoms with Crippen LogP contribution in [0.5, 0.6) is 0 Å². The van der Waals surface area contributed by atoms with Gasteiger partial charge in [0.1, 0.15) is 0 Å². The molecule has 68 valence electrons. The number of carbonyl (C=O) groups is 1. The first-order chi connectivity index (χ1) is 5.37. The van der Waals surface area contributed by atoms with E-state index < -0.39 is 5.60 Å². The van der Waals surface area contributed by atoms with Crippen LogP contribution in [0.2, 0.25) is 0 Å². The van der Waals surface area contributed by atoms with Crippen LogP contribution >= 0.6 is 15.9 Å². The van der Waals surface area contributed by atoms with E-state index in [1.165, 1.54) is 4.90 Å². The number of hydrogen-bond acceptors (Lipinski definition) is 2. The van der Waals surface area contributed by atoms with Gasteiger partial charge in [-0.05, 0) is 18.7 Å². The molecule has 0 unspecified atom stereocenters. The zero-order valence-electron chi connectivity index (χ0n) is 7.39. The molecule has 0 aromatic rings. The number of carbonyl (C=O) groups excluding carboxylic acids is 1. The molecule has 0 heterocycles. The lowest BCUT2D eigenvalue weighted by Gasteiger charge is -2.23. The summed E-state index contributed by atoms with van der Waals surface area (Å²) in [6.07, 6.45) is 0. The van der Waals surface area contributed by atoms with Crippen molar-refractivity contribution in [2.75, 3.05) is 13.6 Å². The van der Waals surface area contributed by atoms with E-state index in [0.717, 1.165) is 0 Å². The SMILES string of the molecule is CN(CC(C)(C)O)C(=O)C#CBr. The first-order valence-electron chi connectivity index (χ1n) is 3.46. The molecule has 0 aliphatic rings. The predicted molar refractivity (Wildman–Crippen MR) is 50.6 cm³/mol. The average Bonchev–Trinajstić information content (AvgIpc) is 1.84. The van der Waals surface area contributed by atoms with Gasteiger partial charge in [-0.25, -0.2) is 0 Å². The van der Waals surface area contributed by atoms with Gasteiger partial charge in [0.25, 0.3) is 5.91 Å². The molecule has 0 fully saturated rings. The van der Waals surface area contributed by atoms with Crippen LogP contribution in [0.15, 0.2) is 0 Å². The Bertz CT molecular complexity index is 221. The summed E-state index contributed by atoms with van der Waals surface area (Å²) in [6.45, 7) is 3.55. The average molecular weight is 234 g/mol. The fourth-order valence-corrected chi connectivity index (χ4v) is 0.958. The standard InChI is InChI=1S/C8H12BrNO2/c1-8(2,12)6-10(3)7(11)4-5-9/h12H,6H2,1-3H3. The molecule has 0 saturated heterocycles. The number of nitrogens with zero attached hydrogens (tertiary/aromatic N) is 1. The Hall–Kier alpha value is -0.530. The molecular weight excluding hydrogens is 222 g/mol. The third-order valence-corrected chi connectivity index (χ3v) is 1.32. The Morgan fingerprint density at radius 1 is 1.67 bits per heavy atom. The number of aliphatic hydroxyl groups is 1. The Balaban J connectivity index is 4.11. The van der Waals surface area contributed by atoms with Crippen molar-refractivity contribution >= 4 is 21.8 Å². The number of hydrogen-bond donors (Lipinski definition) is 1. The minimum absolute atomic E-state index is 0.271. The molecule has 0 aromatic carbocycles. The number of rotatable bonds is 2. The van der Waals surface area contributed by atoms with Gasteiger partial charge < -0.3 is 10.0 Å². The Morgan fingerprint density at radius 3 is 2.50 bits per heavy atom. The van der Waals surface area contributed by atoms with E-state index in [0.29, 0.717) is 0 Å². The van der Waals surface area contributed by atoms with Crippen molar-refractivity contribution in [3.63, 3.8) is 0 Å². The van der Waals surface area contributed by atoms with E-state index in [1.54, 1.807) is 20.9 Å². The van der Waals surface area contributed by atoms with Gasteiger partial charge in [0.15, 0.2) is 0 Å². The largest absolute Gasteiger partial charge is 0.389 e. The van der Waals surface area contributed by atoms with E-state index in [4.69, 9.17) is 0 Å². The summed E-state index contributed by atoms with van der Waals surface area (Å²) in [7, 11) is 1.59. The van der Waals surface area contributed by atoms with Crippen LogP contribution in [-0.2, 0) is 4.79 Å². The van der Waals surface area contributed by atoms with Crippen LogP contribution in [0.3, 0.4) is 0 Å². The minimum atomic E-state index is -0.877. The minimum Gasteiger partial charge on any atom is -0.389 e. The molecule has 0 bridgehead atoms. The predicted octanol–water partition coefficient (Wildman–Crippen LogP) is 0.572. The lowest BCUT2D eigenvalue weighted by molar-refractivity contribution is -0.126. The van der Waals surface area contributed by atoms with Crippen molar-refractivity contribution in [3.05, 3.63) is 0 Å². The number of likely N-dealkylation sites (N-methyl/N-ethyl adjacent to an activating group) is 1. The zero-order valence-corrected chi connectivity index (χ0v) is 8.97. The van der Waals surface area contributed by atoms with Crippen molar-refractivity contribution in [1.29, 1.82) is 0 Å². The van der Waals surface area contributed by atoms with Crippen molar-refractivity contribution in [1.82, 2.24) is 4.90 Å². The summed E-state index contributed by atoms with van der Waals surface area (Å²) in [5.74, 6) is 2.00. The summed E-state index contributed by atoms with van der Waals surface area (Å²) < 4.78 is 0. The number of halogens is 1. The maximum atomic E-state index is 11.0. The van der Waals surface area contributed by atoms with Crippen molar-refractivity contribution in [2.24, 2.45) is 0 Å². The molecule has 12 heavy (non-hydrogen) atoms. The lowest BCUT2D eigenvalue weighted by atomic mass is 10.1. The molecule has 0 rings (SSSR count). The van der Waals surface area contributed by atoms with Gasteiger partial charge in [-0.3, -0.25) is 4.79 Å². The van der Waals surface area contributed by atoms with Gasteiger partial charge in [-0.2, -0.15) is 0 Å². The van der Waals surface area contributed by atoms with E-state index in [2.05, 4.69) is 26.7 Å². The van der Waals surface area contributed by atoms with Gasteiger partial charge in [0.2, 0.25) is 0 Å². The molecule has 1 N–H and O–H groups in total. The fourth-order valence-electron chi connectivity index (χ4n) is 0.788. The van der Waals surface area contributed by atoms with Crippen LogP contribution in [0.25, 0.3) is 0 Å². The molecule has 1 amide bonds. The van der Waals surface area contributed by atoms with E-state index in [1.807, 2.05) is 0 Å². The normalized spacial score (nSPS) is 10.1.